The first-order valence-corrected chi connectivity index (χ1v) is 8.39. The third kappa shape index (κ3) is 3.71. The number of aryl methyl sites for hydroxylation is 1. The van der Waals surface area contributed by atoms with Crippen LogP contribution in [0.25, 0.3) is 10.9 Å². The van der Waals surface area contributed by atoms with Crippen LogP contribution in [0.4, 0.5) is 5.69 Å². The monoisotopic (exact) mass is 385 g/mol. The number of aromatic nitrogens is 2. The minimum absolute atomic E-state index is 0.120. The van der Waals surface area contributed by atoms with Gasteiger partial charge in [0, 0.05) is 10.9 Å². The van der Waals surface area contributed by atoms with Crippen LogP contribution in [0.15, 0.2) is 53.0 Å². The van der Waals surface area contributed by atoms with E-state index in [1.54, 1.807) is 0 Å². The highest BCUT2D eigenvalue weighted by Crippen LogP contribution is 2.23. The number of hydrogen-bond acceptors (Lipinski definition) is 4. The molecule has 24 heavy (non-hydrogen) atoms. The highest BCUT2D eigenvalue weighted by Gasteiger charge is 2.11. The lowest BCUT2D eigenvalue weighted by molar-refractivity contribution is -0.118. The average molecular weight is 386 g/mol. The minimum Gasteiger partial charge on any atom is -0.467 e. The molecule has 6 heteroatoms. The van der Waals surface area contributed by atoms with Crippen LogP contribution >= 0.6 is 15.9 Å². The Labute approximate surface area is 148 Å². The standard InChI is InChI=1S/C18H16BrN3O2/c1-2-16-20-14-9-5-3-7-12(14)18(22-16)24-11-17(23)21-15-10-6-4-8-13(15)19/h3-10H,2,11H2,1H3,(H,21,23). The quantitative estimate of drug-likeness (QED) is 0.721. The summed E-state index contributed by atoms with van der Waals surface area (Å²) < 4.78 is 6.48. The van der Waals surface area contributed by atoms with Gasteiger partial charge in [-0.25, -0.2) is 4.98 Å². The van der Waals surface area contributed by atoms with E-state index in [0.717, 1.165) is 15.4 Å². The zero-order chi connectivity index (χ0) is 16.9. The van der Waals surface area contributed by atoms with Crippen molar-refractivity contribution in [3.8, 4) is 5.88 Å². The molecule has 2 aromatic carbocycles. The largest absolute Gasteiger partial charge is 0.467 e. The van der Waals surface area contributed by atoms with Crippen LogP contribution in [0, 0.1) is 0 Å². The van der Waals surface area contributed by atoms with Gasteiger partial charge >= 0.3 is 0 Å². The smallest absolute Gasteiger partial charge is 0.262 e. The molecule has 0 saturated heterocycles. The molecule has 0 unspecified atom stereocenters. The SMILES string of the molecule is CCc1nc(OCC(=O)Nc2ccccc2Br)c2ccccc2n1. The molecule has 3 rings (SSSR count). The Bertz CT molecular complexity index is 883. The van der Waals surface area contributed by atoms with Crippen LogP contribution in [-0.4, -0.2) is 22.5 Å². The summed E-state index contributed by atoms with van der Waals surface area (Å²) in [5.41, 5.74) is 1.51. The van der Waals surface area contributed by atoms with Crippen molar-refractivity contribution in [2.75, 3.05) is 11.9 Å². The molecule has 1 N–H and O–H groups in total. The van der Waals surface area contributed by atoms with Gasteiger partial charge in [-0.3, -0.25) is 4.79 Å². The van der Waals surface area contributed by atoms with Gasteiger partial charge in [0.1, 0.15) is 5.82 Å². The van der Waals surface area contributed by atoms with Crippen LogP contribution < -0.4 is 10.1 Å². The maximum atomic E-state index is 12.1. The van der Waals surface area contributed by atoms with Crippen molar-refractivity contribution in [1.29, 1.82) is 0 Å². The van der Waals surface area contributed by atoms with Crippen molar-refractivity contribution in [2.24, 2.45) is 0 Å². The molecular formula is C18H16BrN3O2. The first-order chi connectivity index (χ1) is 11.7. The summed E-state index contributed by atoms with van der Waals surface area (Å²) >= 11 is 3.40. The van der Waals surface area contributed by atoms with Crippen LogP contribution in [0.2, 0.25) is 0 Å². The second-order valence-corrected chi connectivity index (χ2v) is 5.99. The predicted molar refractivity (Wildman–Crippen MR) is 97.2 cm³/mol. The van der Waals surface area contributed by atoms with Gasteiger partial charge in [-0.15, -0.1) is 0 Å². The molecule has 0 aliphatic heterocycles. The number of benzene rings is 2. The topological polar surface area (TPSA) is 64.1 Å². The van der Waals surface area contributed by atoms with Crippen LogP contribution in [0.5, 0.6) is 5.88 Å². The number of carbonyl (C=O) groups excluding carboxylic acids is 1. The zero-order valence-corrected chi connectivity index (χ0v) is 14.7. The summed E-state index contributed by atoms with van der Waals surface area (Å²) in [5, 5.41) is 3.60. The number of nitrogens with zero attached hydrogens (tertiary/aromatic N) is 2. The normalized spacial score (nSPS) is 10.6. The summed E-state index contributed by atoms with van der Waals surface area (Å²) in [6.07, 6.45) is 0.699. The van der Waals surface area contributed by atoms with E-state index in [4.69, 9.17) is 4.74 Å². The van der Waals surface area contributed by atoms with Crippen LogP contribution in [0.1, 0.15) is 12.7 Å². The molecule has 0 bridgehead atoms. The summed E-state index contributed by atoms with van der Waals surface area (Å²) in [5.74, 6) is 0.872. The zero-order valence-electron chi connectivity index (χ0n) is 13.1. The Hall–Kier alpha value is -2.47. The second kappa shape index (κ2) is 7.40. The molecule has 122 valence electrons. The van der Waals surface area contributed by atoms with E-state index in [9.17, 15) is 4.79 Å². The Morgan fingerprint density at radius 3 is 2.67 bits per heavy atom. The molecule has 1 heterocycles. The molecule has 0 aliphatic rings. The minimum atomic E-state index is -0.248. The molecule has 1 amide bonds. The molecule has 0 atom stereocenters. The molecular weight excluding hydrogens is 370 g/mol. The van der Waals surface area contributed by atoms with Gasteiger partial charge in [-0.05, 0) is 40.2 Å². The summed E-state index contributed by atoms with van der Waals surface area (Å²) in [7, 11) is 0. The number of rotatable bonds is 5. The number of para-hydroxylation sites is 2. The summed E-state index contributed by atoms with van der Waals surface area (Å²) in [6.45, 7) is 1.86. The molecule has 0 spiro atoms. The molecule has 5 nitrogen and oxygen atoms in total. The number of nitrogens with one attached hydrogen (secondary N) is 1. The van der Waals surface area contributed by atoms with E-state index in [1.807, 2.05) is 55.5 Å². The van der Waals surface area contributed by atoms with Crippen molar-refractivity contribution in [3.63, 3.8) is 0 Å². The van der Waals surface area contributed by atoms with Crippen molar-refractivity contribution in [2.45, 2.75) is 13.3 Å². The van der Waals surface area contributed by atoms with E-state index in [-0.39, 0.29) is 12.5 Å². The maximum absolute atomic E-state index is 12.1. The van der Waals surface area contributed by atoms with Crippen LogP contribution in [0.3, 0.4) is 0 Å². The number of fused-ring (bicyclic) bond motifs is 1. The van der Waals surface area contributed by atoms with Crippen LogP contribution in [-0.2, 0) is 11.2 Å². The van der Waals surface area contributed by atoms with Gasteiger partial charge in [0.25, 0.3) is 5.91 Å². The fourth-order valence-electron chi connectivity index (χ4n) is 2.24. The van der Waals surface area contributed by atoms with E-state index >= 15 is 0 Å². The molecule has 0 aliphatic carbocycles. The lowest BCUT2D eigenvalue weighted by Crippen LogP contribution is -2.21. The fraction of sp³-hybridized carbons (Fsp3) is 0.167. The number of ether oxygens (including phenoxy) is 1. The van der Waals surface area contributed by atoms with Crippen molar-refractivity contribution < 1.29 is 9.53 Å². The first kappa shape index (κ1) is 16.4. The second-order valence-electron chi connectivity index (χ2n) is 5.13. The third-order valence-corrected chi connectivity index (χ3v) is 4.11. The number of anilines is 1. The molecule has 1 aromatic heterocycles. The molecule has 3 aromatic rings. The van der Waals surface area contributed by atoms with E-state index < -0.39 is 0 Å². The van der Waals surface area contributed by atoms with Gasteiger partial charge in [0.15, 0.2) is 6.61 Å². The number of amides is 1. The molecule has 0 saturated carbocycles. The fourth-order valence-corrected chi connectivity index (χ4v) is 2.63. The lowest BCUT2D eigenvalue weighted by Gasteiger charge is -2.10. The van der Waals surface area contributed by atoms with Crippen molar-refractivity contribution >= 4 is 38.4 Å². The van der Waals surface area contributed by atoms with Gasteiger partial charge in [0.2, 0.25) is 5.88 Å². The van der Waals surface area contributed by atoms with Gasteiger partial charge < -0.3 is 10.1 Å². The predicted octanol–water partition coefficient (Wildman–Crippen LogP) is 3.97. The van der Waals surface area contributed by atoms with Gasteiger partial charge in [-0.2, -0.15) is 4.98 Å². The van der Waals surface area contributed by atoms with Crippen molar-refractivity contribution in [3.05, 3.63) is 58.8 Å². The average Bonchev–Trinajstić information content (AvgIpc) is 2.61. The van der Waals surface area contributed by atoms with Gasteiger partial charge in [-0.1, -0.05) is 31.2 Å². The number of carbonyl (C=O) groups is 1. The molecule has 0 radical (unpaired) electrons. The Balaban J connectivity index is 1.75. The van der Waals surface area contributed by atoms with Crippen molar-refractivity contribution in [1.82, 2.24) is 9.97 Å². The van der Waals surface area contributed by atoms with Gasteiger partial charge in [0.05, 0.1) is 16.6 Å². The molecule has 0 fully saturated rings. The first-order valence-electron chi connectivity index (χ1n) is 7.60. The van der Waals surface area contributed by atoms with E-state index in [0.29, 0.717) is 23.8 Å². The Morgan fingerprint density at radius 1 is 1.12 bits per heavy atom. The highest BCUT2D eigenvalue weighted by atomic mass is 79.9. The summed E-state index contributed by atoms with van der Waals surface area (Å²) in [4.78, 5) is 21.0. The third-order valence-electron chi connectivity index (χ3n) is 3.42. The van der Waals surface area contributed by atoms with E-state index in [1.165, 1.54) is 0 Å². The maximum Gasteiger partial charge on any atom is 0.262 e. The summed E-state index contributed by atoms with van der Waals surface area (Å²) in [6, 6.07) is 15.0. The van der Waals surface area contributed by atoms with E-state index in [2.05, 4.69) is 31.2 Å². The lowest BCUT2D eigenvalue weighted by atomic mass is 10.2. The Morgan fingerprint density at radius 2 is 1.88 bits per heavy atom. The number of halogens is 1. The Kier molecular flexibility index (Phi) is 5.05. The number of hydrogen-bond donors (Lipinski definition) is 1. The highest BCUT2D eigenvalue weighted by molar-refractivity contribution is 9.10.